The van der Waals surface area contributed by atoms with Gasteiger partial charge in [0.25, 0.3) is 5.91 Å². The Morgan fingerprint density at radius 2 is 1.87 bits per heavy atom. The summed E-state index contributed by atoms with van der Waals surface area (Å²) in [5.74, 6) is -0.711. The zero-order valence-corrected chi connectivity index (χ0v) is 22.5. The Morgan fingerprint density at radius 3 is 2.68 bits per heavy atom. The highest BCUT2D eigenvalue weighted by atomic mass is 35.5. The number of nitrogens with one attached hydrogen (secondary N) is 1. The fourth-order valence-electron chi connectivity index (χ4n) is 3.58. The Morgan fingerprint density at radius 1 is 1.03 bits per heavy atom. The van der Waals surface area contributed by atoms with Gasteiger partial charge in [-0.2, -0.15) is 10.2 Å². The van der Waals surface area contributed by atoms with Gasteiger partial charge in [-0.25, -0.2) is 10.2 Å². The highest BCUT2D eigenvalue weighted by molar-refractivity contribution is 7.21. The van der Waals surface area contributed by atoms with Gasteiger partial charge in [0.05, 0.1) is 17.8 Å². The number of benzene rings is 3. The molecular weight excluding hydrogens is 567 g/mol. The van der Waals surface area contributed by atoms with Crippen LogP contribution in [0.3, 0.4) is 0 Å². The minimum atomic E-state index is -0.547. The van der Waals surface area contributed by atoms with Crippen molar-refractivity contribution in [3.8, 4) is 5.75 Å². The molecule has 3 aromatic carbocycles. The number of hydrogen-bond acceptors (Lipinski definition) is 6. The van der Waals surface area contributed by atoms with E-state index in [1.807, 2.05) is 24.3 Å². The number of aromatic nitrogens is 2. The van der Waals surface area contributed by atoms with Crippen LogP contribution < -0.4 is 10.2 Å². The van der Waals surface area contributed by atoms with Gasteiger partial charge in [-0.05, 0) is 47.5 Å². The quantitative estimate of drug-likeness (QED) is 0.0959. The van der Waals surface area contributed by atoms with Gasteiger partial charge in [0.15, 0.2) is 5.69 Å². The molecule has 0 atom stereocenters. The molecule has 0 aliphatic rings. The van der Waals surface area contributed by atoms with E-state index < -0.39 is 11.9 Å². The molecule has 1 N–H and O–H groups in total. The third kappa shape index (κ3) is 5.89. The molecule has 1 amide bonds. The molecule has 0 fully saturated rings. The molecule has 0 saturated carbocycles. The maximum Gasteiger partial charge on any atom is 0.355 e. The molecule has 0 unspecified atom stereocenters. The first-order valence-electron chi connectivity index (χ1n) is 11.2. The Balaban J connectivity index is 1.20. The number of carbonyl (C=O) groups excluding carboxylic acids is 2. The highest BCUT2D eigenvalue weighted by Crippen LogP contribution is 2.35. The topological polar surface area (TPSA) is 85.6 Å². The number of hydrazone groups is 1. The predicted molar refractivity (Wildman–Crippen MR) is 151 cm³/mol. The van der Waals surface area contributed by atoms with Crippen molar-refractivity contribution >= 4 is 74.3 Å². The summed E-state index contributed by atoms with van der Waals surface area (Å²) < 4.78 is 8.02. The second-order valence-electron chi connectivity index (χ2n) is 8.04. The van der Waals surface area contributed by atoms with Crippen LogP contribution in [0.25, 0.3) is 10.1 Å². The summed E-state index contributed by atoms with van der Waals surface area (Å²) in [5, 5.41) is 10.5. The van der Waals surface area contributed by atoms with Crippen LogP contribution in [0, 0.1) is 0 Å². The number of thiophene rings is 1. The molecule has 190 valence electrons. The average molecular weight is 584 g/mol. The lowest BCUT2D eigenvalue weighted by molar-refractivity contribution is 0.0740. The van der Waals surface area contributed by atoms with Gasteiger partial charge in [0, 0.05) is 26.3 Å². The average Bonchev–Trinajstić information content (AvgIpc) is 3.51. The number of carbonyl (C=O) groups is 2. The zero-order chi connectivity index (χ0) is 26.6. The van der Waals surface area contributed by atoms with E-state index in [1.165, 1.54) is 17.6 Å². The van der Waals surface area contributed by atoms with Crippen molar-refractivity contribution in [1.29, 1.82) is 0 Å². The molecule has 0 aliphatic heterocycles. The van der Waals surface area contributed by atoms with Crippen LogP contribution in [0.2, 0.25) is 15.1 Å². The van der Waals surface area contributed by atoms with E-state index >= 15 is 0 Å². The van der Waals surface area contributed by atoms with E-state index in [4.69, 9.17) is 39.5 Å². The number of fused-ring (bicyclic) bond motifs is 1. The fraction of sp³-hybridized carbons (Fsp3) is 0.0370. The fourth-order valence-corrected chi connectivity index (χ4v) is 5.43. The Kier molecular flexibility index (Phi) is 7.76. The highest BCUT2D eigenvalue weighted by Gasteiger charge is 2.19. The molecule has 0 saturated heterocycles. The van der Waals surface area contributed by atoms with Gasteiger partial charge >= 0.3 is 5.97 Å². The number of halogens is 3. The standard InChI is InChI=1S/C27H17Cl3N4O3S/c28-18-9-8-17(21(29)13-18)15-34-11-10-22(33-34)26(35)32-31-14-16-4-3-5-19(12-16)37-27(36)25-24(30)20-6-1-2-7-23(20)38-25/h1-14H,15H2,(H,32,35). The number of amides is 1. The first kappa shape index (κ1) is 25.9. The summed E-state index contributed by atoms with van der Waals surface area (Å²) in [4.78, 5) is 25.5. The minimum absolute atomic E-state index is 0.190. The largest absolute Gasteiger partial charge is 0.422 e. The summed E-state index contributed by atoms with van der Waals surface area (Å²) in [7, 11) is 0. The van der Waals surface area contributed by atoms with Crippen LogP contribution in [0.1, 0.15) is 31.3 Å². The van der Waals surface area contributed by atoms with Gasteiger partial charge in [-0.3, -0.25) is 9.48 Å². The van der Waals surface area contributed by atoms with E-state index in [9.17, 15) is 9.59 Å². The van der Waals surface area contributed by atoms with Gasteiger partial charge in [-0.1, -0.05) is 71.2 Å². The lowest BCUT2D eigenvalue weighted by atomic mass is 10.2. The van der Waals surface area contributed by atoms with E-state index in [0.29, 0.717) is 37.8 Å². The third-order valence-electron chi connectivity index (χ3n) is 5.39. The van der Waals surface area contributed by atoms with E-state index in [2.05, 4.69) is 15.6 Å². The monoisotopic (exact) mass is 582 g/mol. The summed E-state index contributed by atoms with van der Waals surface area (Å²) in [6.45, 7) is 0.380. The van der Waals surface area contributed by atoms with Crippen LogP contribution in [-0.4, -0.2) is 27.9 Å². The van der Waals surface area contributed by atoms with Crippen LogP contribution in [0.5, 0.6) is 5.75 Å². The number of rotatable bonds is 7. The van der Waals surface area contributed by atoms with E-state index in [0.717, 1.165) is 15.6 Å². The maximum atomic E-state index is 12.7. The van der Waals surface area contributed by atoms with Gasteiger partial charge in [-0.15, -0.1) is 11.3 Å². The molecule has 2 heterocycles. The van der Waals surface area contributed by atoms with Crippen molar-refractivity contribution < 1.29 is 14.3 Å². The maximum absolute atomic E-state index is 12.7. The van der Waals surface area contributed by atoms with Gasteiger partial charge in [0.1, 0.15) is 10.6 Å². The number of nitrogens with zero attached hydrogens (tertiary/aromatic N) is 3. The van der Waals surface area contributed by atoms with Crippen molar-refractivity contribution in [1.82, 2.24) is 15.2 Å². The molecule has 5 rings (SSSR count). The normalized spacial score (nSPS) is 11.2. The number of ether oxygens (including phenoxy) is 1. The summed E-state index contributed by atoms with van der Waals surface area (Å²) in [6, 6.07) is 21.0. The number of esters is 1. The summed E-state index contributed by atoms with van der Waals surface area (Å²) in [5.41, 5.74) is 4.06. The second kappa shape index (κ2) is 11.4. The lowest BCUT2D eigenvalue weighted by Gasteiger charge is -2.05. The Labute approximate surface area is 236 Å². The number of hydrogen-bond donors (Lipinski definition) is 1. The van der Waals surface area contributed by atoms with Crippen molar-refractivity contribution in [3.05, 3.63) is 116 Å². The molecule has 5 aromatic rings. The van der Waals surface area contributed by atoms with Crippen LogP contribution >= 0.6 is 46.1 Å². The molecule has 2 aromatic heterocycles. The van der Waals surface area contributed by atoms with E-state index in [1.54, 1.807) is 59.4 Å². The summed E-state index contributed by atoms with van der Waals surface area (Å²) >= 11 is 19.8. The van der Waals surface area contributed by atoms with Gasteiger partial charge in [0.2, 0.25) is 0 Å². The molecule has 38 heavy (non-hydrogen) atoms. The molecule has 0 bridgehead atoms. The molecule has 0 spiro atoms. The van der Waals surface area contributed by atoms with Crippen molar-refractivity contribution in [2.75, 3.05) is 0 Å². The van der Waals surface area contributed by atoms with Crippen molar-refractivity contribution in [2.45, 2.75) is 6.54 Å². The second-order valence-corrected chi connectivity index (χ2v) is 10.3. The first-order chi connectivity index (χ1) is 18.4. The Hall–Kier alpha value is -3.69. The molecule has 0 radical (unpaired) electrons. The SMILES string of the molecule is O=C(NN=Cc1cccc(OC(=O)c2sc3ccccc3c2Cl)c1)c1ccn(Cc2ccc(Cl)cc2Cl)n1. The smallest absolute Gasteiger partial charge is 0.355 e. The van der Waals surface area contributed by atoms with E-state index in [-0.39, 0.29) is 5.69 Å². The van der Waals surface area contributed by atoms with Crippen LogP contribution in [-0.2, 0) is 6.54 Å². The third-order valence-corrected chi connectivity index (χ3v) is 7.63. The van der Waals surface area contributed by atoms with Crippen LogP contribution in [0.4, 0.5) is 0 Å². The summed E-state index contributed by atoms with van der Waals surface area (Å²) in [6.07, 6.45) is 3.11. The zero-order valence-electron chi connectivity index (χ0n) is 19.4. The molecular formula is C27H17Cl3N4O3S. The minimum Gasteiger partial charge on any atom is -0.422 e. The molecule has 11 heteroatoms. The lowest BCUT2D eigenvalue weighted by Crippen LogP contribution is -2.18. The predicted octanol–water partition coefficient (Wildman–Crippen LogP) is 7.09. The molecule has 7 nitrogen and oxygen atoms in total. The molecule has 0 aliphatic carbocycles. The van der Waals surface area contributed by atoms with Crippen molar-refractivity contribution in [3.63, 3.8) is 0 Å². The van der Waals surface area contributed by atoms with Gasteiger partial charge < -0.3 is 4.74 Å². The van der Waals surface area contributed by atoms with Crippen molar-refractivity contribution in [2.24, 2.45) is 5.10 Å². The first-order valence-corrected chi connectivity index (χ1v) is 13.1. The van der Waals surface area contributed by atoms with Crippen LogP contribution in [0.15, 0.2) is 84.1 Å². The Bertz CT molecular complexity index is 1700.